The van der Waals surface area contributed by atoms with Crippen LogP contribution in [0.4, 0.5) is 5.82 Å². The first-order chi connectivity index (χ1) is 10.3. The van der Waals surface area contributed by atoms with Crippen molar-refractivity contribution in [2.24, 2.45) is 0 Å². The van der Waals surface area contributed by atoms with Crippen LogP contribution in [0.15, 0.2) is 43.0 Å². The van der Waals surface area contributed by atoms with Crippen LogP contribution in [-0.4, -0.2) is 24.3 Å². The van der Waals surface area contributed by atoms with Gasteiger partial charge in [-0.15, -0.1) is 0 Å². The zero-order valence-corrected chi connectivity index (χ0v) is 11.7. The van der Waals surface area contributed by atoms with Crippen molar-refractivity contribution in [2.45, 2.75) is 6.54 Å². The van der Waals surface area contributed by atoms with Crippen molar-refractivity contribution >= 4 is 34.1 Å². The zero-order chi connectivity index (χ0) is 14.2. The van der Waals surface area contributed by atoms with E-state index in [0.717, 1.165) is 28.1 Å². The number of hydrogen-bond acceptors (Lipinski definition) is 4. The number of nitrogens with zero attached hydrogens (tertiary/aromatic N) is 4. The SMILES string of the molecule is Clc1nc(NCc2ccn3ccnc3c2)c2cc[nH]c2n1. The molecule has 0 amide bonds. The summed E-state index contributed by atoms with van der Waals surface area (Å²) in [5.41, 5.74) is 2.76. The molecule has 4 heterocycles. The number of hydrogen-bond donors (Lipinski definition) is 2. The third-order valence-electron chi connectivity index (χ3n) is 3.31. The van der Waals surface area contributed by atoms with Crippen LogP contribution >= 0.6 is 11.6 Å². The van der Waals surface area contributed by atoms with Crippen LogP contribution in [0.1, 0.15) is 5.56 Å². The number of rotatable bonds is 3. The maximum atomic E-state index is 5.93. The van der Waals surface area contributed by atoms with Gasteiger partial charge in [-0.2, -0.15) is 4.98 Å². The fourth-order valence-electron chi connectivity index (χ4n) is 2.30. The van der Waals surface area contributed by atoms with Crippen molar-refractivity contribution in [3.63, 3.8) is 0 Å². The van der Waals surface area contributed by atoms with Crippen LogP contribution in [0.3, 0.4) is 0 Å². The fourth-order valence-corrected chi connectivity index (χ4v) is 2.47. The van der Waals surface area contributed by atoms with E-state index in [-0.39, 0.29) is 5.28 Å². The molecule has 0 atom stereocenters. The number of aromatic nitrogens is 5. The van der Waals surface area contributed by atoms with Gasteiger partial charge in [-0.25, -0.2) is 9.97 Å². The number of nitrogens with one attached hydrogen (secondary N) is 2. The van der Waals surface area contributed by atoms with E-state index in [1.165, 1.54) is 0 Å². The Morgan fingerprint density at radius 2 is 2.19 bits per heavy atom. The molecule has 0 fully saturated rings. The van der Waals surface area contributed by atoms with E-state index in [1.54, 1.807) is 6.20 Å². The number of pyridine rings is 1. The summed E-state index contributed by atoms with van der Waals surface area (Å²) in [6.45, 7) is 0.636. The molecule has 4 aromatic heterocycles. The highest BCUT2D eigenvalue weighted by Crippen LogP contribution is 2.21. The quantitative estimate of drug-likeness (QED) is 0.571. The van der Waals surface area contributed by atoms with Gasteiger partial charge in [0.1, 0.15) is 17.1 Å². The lowest BCUT2D eigenvalue weighted by Gasteiger charge is -2.07. The van der Waals surface area contributed by atoms with Gasteiger partial charge in [0, 0.05) is 31.3 Å². The molecule has 0 aromatic carbocycles. The summed E-state index contributed by atoms with van der Waals surface area (Å²) < 4.78 is 1.97. The number of imidazole rings is 1. The summed E-state index contributed by atoms with van der Waals surface area (Å²) in [6, 6.07) is 5.99. The molecule has 0 aliphatic heterocycles. The second kappa shape index (κ2) is 4.75. The molecule has 0 saturated heterocycles. The Balaban J connectivity index is 1.64. The molecule has 0 aliphatic rings. The lowest BCUT2D eigenvalue weighted by Crippen LogP contribution is -2.03. The van der Waals surface area contributed by atoms with Crippen LogP contribution in [0, 0.1) is 0 Å². The number of fused-ring (bicyclic) bond motifs is 2. The second-order valence-corrected chi connectivity index (χ2v) is 5.00. The van der Waals surface area contributed by atoms with Crippen LogP contribution in [0.2, 0.25) is 5.28 Å². The second-order valence-electron chi connectivity index (χ2n) is 4.66. The van der Waals surface area contributed by atoms with E-state index >= 15 is 0 Å². The molecule has 4 aromatic rings. The number of aromatic amines is 1. The van der Waals surface area contributed by atoms with Crippen molar-refractivity contribution in [1.29, 1.82) is 0 Å². The number of halogens is 1. The first-order valence-corrected chi connectivity index (χ1v) is 6.83. The molecule has 0 spiro atoms. The molecule has 4 rings (SSSR count). The number of H-pyrrole nitrogens is 1. The molecular formula is C14H11ClN6. The molecule has 0 bridgehead atoms. The van der Waals surface area contributed by atoms with Crippen molar-refractivity contribution < 1.29 is 0 Å². The Labute approximate surface area is 124 Å². The topological polar surface area (TPSA) is 70.9 Å². The fraction of sp³-hybridized carbons (Fsp3) is 0.0714. The molecule has 0 radical (unpaired) electrons. The van der Waals surface area contributed by atoms with Crippen LogP contribution in [-0.2, 0) is 6.54 Å². The maximum absolute atomic E-state index is 5.93. The Bertz CT molecular complexity index is 925. The predicted octanol–water partition coefficient (Wildman–Crippen LogP) is 2.87. The summed E-state index contributed by atoms with van der Waals surface area (Å²) in [4.78, 5) is 15.7. The third-order valence-corrected chi connectivity index (χ3v) is 3.48. The molecule has 2 N–H and O–H groups in total. The minimum atomic E-state index is 0.219. The Hall–Kier alpha value is -2.60. The summed E-state index contributed by atoms with van der Waals surface area (Å²) in [6.07, 6.45) is 7.50. The van der Waals surface area contributed by atoms with Gasteiger partial charge in [0.15, 0.2) is 0 Å². The molecule has 0 aliphatic carbocycles. The zero-order valence-electron chi connectivity index (χ0n) is 10.9. The average molecular weight is 299 g/mol. The summed E-state index contributed by atoms with van der Waals surface area (Å²) >= 11 is 5.93. The highest BCUT2D eigenvalue weighted by Gasteiger charge is 2.07. The Morgan fingerprint density at radius 3 is 3.14 bits per heavy atom. The minimum Gasteiger partial charge on any atom is -0.365 e. The van der Waals surface area contributed by atoms with Gasteiger partial charge in [-0.1, -0.05) is 0 Å². The lowest BCUT2D eigenvalue weighted by molar-refractivity contribution is 1.08. The van der Waals surface area contributed by atoms with Gasteiger partial charge < -0.3 is 14.7 Å². The monoisotopic (exact) mass is 298 g/mol. The summed E-state index contributed by atoms with van der Waals surface area (Å²) in [5, 5.41) is 4.43. The molecule has 104 valence electrons. The van der Waals surface area contributed by atoms with E-state index in [4.69, 9.17) is 11.6 Å². The summed E-state index contributed by atoms with van der Waals surface area (Å²) in [7, 11) is 0. The van der Waals surface area contributed by atoms with E-state index in [2.05, 4.69) is 25.3 Å². The van der Waals surface area contributed by atoms with Gasteiger partial charge in [0.05, 0.1) is 5.39 Å². The van der Waals surface area contributed by atoms with E-state index in [0.29, 0.717) is 6.54 Å². The standard InChI is InChI=1S/C14H11ClN6/c15-14-19-12-10(1-3-17-12)13(20-14)18-8-9-2-5-21-6-4-16-11(21)7-9/h1-7H,8H2,(H2,17,18,19,20). The Kier molecular flexibility index (Phi) is 2.75. The molecule has 6 nitrogen and oxygen atoms in total. The van der Waals surface area contributed by atoms with Gasteiger partial charge in [0.25, 0.3) is 0 Å². The first kappa shape index (κ1) is 12.2. The van der Waals surface area contributed by atoms with E-state index in [1.807, 2.05) is 41.2 Å². The Morgan fingerprint density at radius 1 is 1.24 bits per heavy atom. The van der Waals surface area contributed by atoms with E-state index in [9.17, 15) is 0 Å². The highest BCUT2D eigenvalue weighted by atomic mass is 35.5. The van der Waals surface area contributed by atoms with Gasteiger partial charge in [-0.05, 0) is 35.4 Å². The van der Waals surface area contributed by atoms with Crippen molar-refractivity contribution in [3.05, 3.63) is 53.8 Å². The highest BCUT2D eigenvalue weighted by molar-refractivity contribution is 6.28. The maximum Gasteiger partial charge on any atom is 0.226 e. The summed E-state index contributed by atoms with van der Waals surface area (Å²) in [5.74, 6) is 0.717. The van der Waals surface area contributed by atoms with Gasteiger partial charge in [0.2, 0.25) is 5.28 Å². The van der Waals surface area contributed by atoms with Crippen LogP contribution in [0.5, 0.6) is 0 Å². The van der Waals surface area contributed by atoms with Crippen LogP contribution < -0.4 is 5.32 Å². The smallest absolute Gasteiger partial charge is 0.226 e. The molecule has 21 heavy (non-hydrogen) atoms. The normalized spacial score (nSPS) is 11.3. The third kappa shape index (κ3) is 2.19. The van der Waals surface area contributed by atoms with Crippen molar-refractivity contribution in [3.8, 4) is 0 Å². The van der Waals surface area contributed by atoms with Crippen molar-refractivity contribution in [2.75, 3.05) is 5.32 Å². The minimum absolute atomic E-state index is 0.219. The lowest BCUT2D eigenvalue weighted by atomic mass is 10.2. The van der Waals surface area contributed by atoms with E-state index < -0.39 is 0 Å². The van der Waals surface area contributed by atoms with Crippen LogP contribution in [0.25, 0.3) is 16.7 Å². The number of anilines is 1. The molecular weight excluding hydrogens is 288 g/mol. The van der Waals surface area contributed by atoms with Crippen molar-refractivity contribution in [1.82, 2.24) is 24.3 Å². The van der Waals surface area contributed by atoms with Gasteiger partial charge in [-0.3, -0.25) is 0 Å². The van der Waals surface area contributed by atoms with Gasteiger partial charge >= 0.3 is 0 Å². The molecule has 0 unspecified atom stereocenters. The molecule has 7 heteroatoms. The first-order valence-electron chi connectivity index (χ1n) is 6.46. The largest absolute Gasteiger partial charge is 0.365 e. The predicted molar refractivity (Wildman–Crippen MR) is 81.4 cm³/mol. The average Bonchev–Trinajstić information content (AvgIpc) is 3.12. The molecule has 0 saturated carbocycles.